The molecule has 0 aromatic heterocycles. The maximum Gasteiger partial charge on any atom is 0.270 e. The van der Waals surface area contributed by atoms with Crippen LogP contribution in [0.4, 0.5) is 11.4 Å². The lowest BCUT2D eigenvalue weighted by Crippen LogP contribution is -2.70. The minimum Gasteiger partial charge on any atom is -0.467 e. The Bertz CT molecular complexity index is 1000. The van der Waals surface area contributed by atoms with Gasteiger partial charge in [0.1, 0.15) is 11.7 Å². The van der Waals surface area contributed by atoms with Crippen LogP contribution in [0.5, 0.6) is 5.75 Å². The lowest BCUT2D eigenvalue weighted by Gasteiger charge is -2.50. The quantitative estimate of drug-likeness (QED) is 0.399. The summed E-state index contributed by atoms with van der Waals surface area (Å²) in [6, 6.07) is 10.4. The van der Waals surface area contributed by atoms with Gasteiger partial charge in [-0.15, -0.1) is 0 Å². The molecule has 0 aliphatic carbocycles. The van der Waals surface area contributed by atoms with Crippen molar-refractivity contribution in [3.8, 4) is 5.75 Å². The number of anilines is 1. The molecule has 1 saturated heterocycles. The second kappa shape index (κ2) is 6.61. The molecule has 2 aliphatic heterocycles. The Morgan fingerprint density at radius 1 is 1.32 bits per heavy atom. The van der Waals surface area contributed by atoms with Gasteiger partial charge in [-0.1, -0.05) is 11.6 Å². The number of carbonyl (C=O) groups is 1. The number of ether oxygens (including phenoxy) is 1. The second-order valence-corrected chi connectivity index (χ2v) is 7.58. The number of hydrogen-bond donors (Lipinski definition) is 3. The lowest BCUT2D eigenvalue weighted by molar-refractivity contribution is -0.385. The Hall–Kier alpha value is -2.91. The van der Waals surface area contributed by atoms with Crippen molar-refractivity contribution in [3.63, 3.8) is 0 Å². The molecular weight excluding hydrogens is 404 g/mol. The van der Waals surface area contributed by atoms with E-state index in [1.165, 1.54) is 18.2 Å². The zero-order valence-corrected chi connectivity index (χ0v) is 16.1. The molecule has 2 bridgehead atoms. The summed E-state index contributed by atoms with van der Waals surface area (Å²) in [5, 5.41) is 21.0. The molecular formula is C18H15ClN4O4S. The van der Waals surface area contributed by atoms with Crippen LogP contribution < -0.4 is 20.7 Å². The van der Waals surface area contributed by atoms with Crippen molar-refractivity contribution in [1.29, 1.82) is 0 Å². The predicted molar refractivity (Wildman–Crippen MR) is 107 cm³/mol. The van der Waals surface area contributed by atoms with Gasteiger partial charge in [0.25, 0.3) is 5.69 Å². The van der Waals surface area contributed by atoms with Crippen LogP contribution in [0, 0.1) is 16.0 Å². The maximum atomic E-state index is 13.1. The van der Waals surface area contributed by atoms with E-state index in [2.05, 4.69) is 16.0 Å². The largest absolute Gasteiger partial charge is 0.467 e. The van der Waals surface area contributed by atoms with E-state index in [0.717, 1.165) is 0 Å². The van der Waals surface area contributed by atoms with Gasteiger partial charge in [-0.3, -0.25) is 14.9 Å². The van der Waals surface area contributed by atoms with E-state index >= 15 is 0 Å². The molecule has 144 valence electrons. The Balaban J connectivity index is 1.73. The Labute approximate surface area is 170 Å². The summed E-state index contributed by atoms with van der Waals surface area (Å²) in [6.45, 7) is 1.73. The minimum absolute atomic E-state index is 0.0888. The Morgan fingerprint density at radius 3 is 2.71 bits per heavy atom. The average molecular weight is 419 g/mol. The van der Waals surface area contributed by atoms with Gasteiger partial charge in [-0.2, -0.15) is 0 Å². The molecule has 1 fully saturated rings. The van der Waals surface area contributed by atoms with Crippen LogP contribution in [0.2, 0.25) is 5.02 Å². The first-order valence-corrected chi connectivity index (χ1v) is 9.18. The van der Waals surface area contributed by atoms with E-state index in [-0.39, 0.29) is 11.6 Å². The molecule has 28 heavy (non-hydrogen) atoms. The molecule has 0 spiro atoms. The zero-order chi connectivity index (χ0) is 20.1. The third kappa shape index (κ3) is 3.12. The molecule has 3 atom stereocenters. The fourth-order valence-corrected chi connectivity index (χ4v) is 4.05. The number of non-ortho nitro benzene ring substituents is 1. The molecule has 4 rings (SSSR count). The topological polar surface area (TPSA) is 106 Å². The summed E-state index contributed by atoms with van der Waals surface area (Å²) < 4.78 is 6.04. The first kappa shape index (κ1) is 18.5. The molecule has 2 aliphatic rings. The highest BCUT2D eigenvalue weighted by Gasteiger charge is 2.55. The van der Waals surface area contributed by atoms with Crippen molar-refractivity contribution in [2.75, 3.05) is 5.32 Å². The standard InChI is InChI=1S/C18H15ClN4O4S/c1-18-14(16(24)20-10-4-2-9(19)3-5-10)15(21-17(28)22-18)12-8-11(23(25)26)6-7-13(12)27-18/h2-8,14-15H,1H3,(H,20,24)(H2,21,22,28). The molecule has 1 amide bonds. The van der Waals surface area contributed by atoms with Crippen molar-refractivity contribution >= 4 is 46.2 Å². The highest BCUT2D eigenvalue weighted by atomic mass is 35.5. The molecule has 0 radical (unpaired) electrons. The fourth-order valence-electron chi connectivity index (χ4n) is 3.60. The van der Waals surface area contributed by atoms with Crippen molar-refractivity contribution in [2.45, 2.75) is 18.7 Å². The maximum absolute atomic E-state index is 13.1. The second-order valence-electron chi connectivity index (χ2n) is 6.74. The number of halogens is 1. The Morgan fingerprint density at radius 2 is 2.04 bits per heavy atom. The smallest absolute Gasteiger partial charge is 0.270 e. The molecule has 3 N–H and O–H groups in total. The van der Waals surface area contributed by atoms with E-state index in [9.17, 15) is 14.9 Å². The molecule has 8 nitrogen and oxygen atoms in total. The highest BCUT2D eigenvalue weighted by molar-refractivity contribution is 7.80. The highest BCUT2D eigenvalue weighted by Crippen LogP contribution is 2.46. The molecule has 0 saturated carbocycles. The summed E-state index contributed by atoms with van der Waals surface area (Å²) in [7, 11) is 0. The van der Waals surface area contributed by atoms with Crippen molar-refractivity contribution in [3.05, 3.63) is 63.2 Å². The van der Waals surface area contributed by atoms with Crippen LogP contribution in [-0.4, -0.2) is 21.7 Å². The van der Waals surface area contributed by atoms with E-state index in [1.807, 2.05) is 0 Å². The number of rotatable bonds is 3. The van der Waals surface area contributed by atoms with E-state index in [4.69, 9.17) is 28.6 Å². The number of hydrogen-bond acceptors (Lipinski definition) is 5. The van der Waals surface area contributed by atoms with Gasteiger partial charge in [0.2, 0.25) is 5.91 Å². The van der Waals surface area contributed by atoms with Gasteiger partial charge in [0, 0.05) is 28.4 Å². The fraction of sp³-hybridized carbons (Fsp3) is 0.222. The molecule has 2 aromatic carbocycles. The van der Waals surface area contributed by atoms with Gasteiger partial charge in [0.15, 0.2) is 10.8 Å². The predicted octanol–water partition coefficient (Wildman–Crippen LogP) is 3.13. The number of nitrogens with zero attached hydrogens (tertiary/aromatic N) is 1. The van der Waals surface area contributed by atoms with Gasteiger partial charge in [-0.25, -0.2) is 0 Å². The van der Waals surface area contributed by atoms with Crippen LogP contribution in [-0.2, 0) is 4.79 Å². The summed E-state index contributed by atoms with van der Waals surface area (Å²) >= 11 is 11.1. The van der Waals surface area contributed by atoms with Crippen LogP contribution >= 0.6 is 23.8 Å². The van der Waals surface area contributed by atoms with Crippen LogP contribution in [0.3, 0.4) is 0 Å². The third-order valence-corrected chi connectivity index (χ3v) is 5.30. The number of thiocarbonyl (C=S) groups is 1. The molecule has 3 unspecified atom stereocenters. The van der Waals surface area contributed by atoms with Gasteiger partial charge < -0.3 is 20.7 Å². The number of nitro benzene ring substituents is 1. The minimum atomic E-state index is -1.12. The number of nitrogens with one attached hydrogen (secondary N) is 3. The molecule has 2 heterocycles. The summed E-state index contributed by atoms with van der Waals surface area (Å²) in [4.78, 5) is 23.8. The van der Waals surface area contributed by atoms with E-state index in [1.54, 1.807) is 31.2 Å². The van der Waals surface area contributed by atoms with Crippen molar-refractivity contribution in [1.82, 2.24) is 10.6 Å². The van der Waals surface area contributed by atoms with E-state index in [0.29, 0.717) is 27.1 Å². The van der Waals surface area contributed by atoms with Gasteiger partial charge >= 0.3 is 0 Å². The van der Waals surface area contributed by atoms with Crippen molar-refractivity contribution < 1.29 is 14.5 Å². The van der Waals surface area contributed by atoms with Crippen LogP contribution in [0.1, 0.15) is 18.5 Å². The zero-order valence-electron chi connectivity index (χ0n) is 14.6. The number of benzene rings is 2. The first-order valence-electron chi connectivity index (χ1n) is 8.39. The number of nitro groups is 1. The van der Waals surface area contributed by atoms with Gasteiger partial charge in [-0.05, 0) is 49.5 Å². The van der Waals surface area contributed by atoms with Gasteiger partial charge in [0.05, 0.1) is 11.0 Å². The third-order valence-electron chi connectivity index (χ3n) is 4.83. The number of amides is 1. The van der Waals surface area contributed by atoms with Crippen LogP contribution in [0.25, 0.3) is 0 Å². The Kier molecular flexibility index (Phi) is 4.35. The normalized spacial score (nSPS) is 24.9. The first-order chi connectivity index (χ1) is 13.3. The molecule has 2 aromatic rings. The summed E-state index contributed by atoms with van der Waals surface area (Å²) in [5.74, 6) is -0.616. The van der Waals surface area contributed by atoms with Crippen molar-refractivity contribution in [2.24, 2.45) is 5.92 Å². The average Bonchev–Trinajstić information content (AvgIpc) is 2.62. The number of carbonyl (C=O) groups excluding carboxylic acids is 1. The van der Waals surface area contributed by atoms with E-state index < -0.39 is 22.6 Å². The molecule has 10 heteroatoms. The summed E-state index contributed by atoms with van der Waals surface area (Å²) in [6.07, 6.45) is 0. The SMILES string of the molecule is CC12NC(=S)NC(c3cc([N+](=O)[O-])ccc3O1)C2C(=O)Nc1ccc(Cl)cc1. The van der Waals surface area contributed by atoms with Crippen LogP contribution in [0.15, 0.2) is 42.5 Å². The monoisotopic (exact) mass is 418 g/mol. The summed E-state index contributed by atoms with van der Waals surface area (Å²) in [5.41, 5.74) is -0.128. The number of fused-ring (bicyclic) bond motifs is 4. The lowest BCUT2D eigenvalue weighted by atomic mass is 9.79.